The third kappa shape index (κ3) is 6.08. The van der Waals surface area contributed by atoms with E-state index in [1.807, 2.05) is 0 Å². The normalized spacial score (nSPS) is 13.3. The molecule has 2 nitrogen and oxygen atoms in total. The highest BCUT2D eigenvalue weighted by Crippen LogP contribution is 2.63. The van der Waals surface area contributed by atoms with Crippen LogP contribution < -0.4 is 0 Å². The lowest BCUT2D eigenvalue weighted by molar-refractivity contribution is 0.793. The van der Waals surface area contributed by atoms with Crippen molar-refractivity contribution in [2.24, 2.45) is 0 Å². The molecule has 1 spiro atoms. The molecule has 0 saturated heterocycles. The lowest BCUT2D eigenvalue weighted by Crippen LogP contribution is -2.26. The smallest absolute Gasteiger partial charge is 0.0725 e. The summed E-state index contributed by atoms with van der Waals surface area (Å²) in [7, 11) is 0. The van der Waals surface area contributed by atoms with Crippen LogP contribution in [-0.2, 0) is 5.41 Å². The largest absolute Gasteiger partial charge is 0.309 e. The minimum atomic E-state index is -0.476. The maximum atomic E-state index is 2.47. The molecule has 0 fully saturated rings. The first-order chi connectivity index (χ1) is 37.2. The molecular formula is C73H46N2. The first-order valence-electron chi connectivity index (χ1n) is 26.1. The Bertz CT molecular complexity index is 4470. The molecule has 2 heteroatoms. The van der Waals surface area contributed by atoms with Crippen molar-refractivity contribution in [2.75, 3.05) is 0 Å². The van der Waals surface area contributed by atoms with Crippen molar-refractivity contribution in [3.8, 4) is 33.6 Å². The molecule has 0 N–H and O–H groups in total. The molecule has 0 amide bonds. The summed E-state index contributed by atoms with van der Waals surface area (Å²) in [5.74, 6) is 0. The third-order valence-electron chi connectivity index (χ3n) is 16.5. The molecular weight excluding hydrogens is 905 g/mol. The Hall–Kier alpha value is -9.76. The molecule has 16 rings (SSSR count). The predicted octanol–water partition coefficient (Wildman–Crippen LogP) is 18.9. The summed E-state index contributed by atoms with van der Waals surface area (Å²) in [4.78, 5) is 0. The van der Waals surface area contributed by atoms with Crippen LogP contribution in [0.4, 0.5) is 0 Å². The number of aromatic nitrogens is 2. The number of rotatable bonds is 6. The topological polar surface area (TPSA) is 9.86 Å². The first kappa shape index (κ1) is 41.8. The average molecular weight is 951 g/mol. The van der Waals surface area contributed by atoms with Crippen molar-refractivity contribution < 1.29 is 0 Å². The first-order valence-corrected chi connectivity index (χ1v) is 26.1. The van der Waals surface area contributed by atoms with Crippen LogP contribution in [0.3, 0.4) is 0 Å². The van der Waals surface area contributed by atoms with Crippen LogP contribution in [0.25, 0.3) is 123 Å². The minimum absolute atomic E-state index is 0.476. The molecule has 0 bridgehead atoms. The highest BCUT2D eigenvalue weighted by Gasteiger charge is 2.51. The second-order valence-corrected chi connectivity index (χ2v) is 20.4. The maximum Gasteiger partial charge on any atom is 0.0725 e. The van der Waals surface area contributed by atoms with Crippen molar-refractivity contribution in [2.45, 2.75) is 5.41 Å². The van der Waals surface area contributed by atoms with Crippen molar-refractivity contribution in [3.63, 3.8) is 0 Å². The van der Waals surface area contributed by atoms with Gasteiger partial charge >= 0.3 is 0 Å². The molecule has 0 aliphatic heterocycles. The van der Waals surface area contributed by atoms with Crippen LogP contribution >= 0.6 is 0 Å². The van der Waals surface area contributed by atoms with Crippen LogP contribution in [0.5, 0.6) is 0 Å². The zero-order valence-electron chi connectivity index (χ0n) is 41.0. The van der Waals surface area contributed by atoms with Gasteiger partial charge in [-0.2, -0.15) is 0 Å². The van der Waals surface area contributed by atoms with E-state index in [0.717, 1.165) is 0 Å². The summed E-state index contributed by atoms with van der Waals surface area (Å²) in [5, 5.41) is 9.97. The van der Waals surface area contributed by atoms with Gasteiger partial charge in [0.15, 0.2) is 0 Å². The van der Waals surface area contributed by atoms with E-state index in [1.165, 1.54) is 143 Å². The molecule has 0 atom stereocenters. The van der Waals surface area contributed by atoms with Gasteiger partial charge < -0.3 is 9.13 Å². The average Bonchev–Trinajstić information content (AvgIpc) is 4.17. The van der Waals surface area contributed by atoms with Crippen LogP contribution in [0.2, 0.25) is 0 Å². The number of nitrogens with zero attached hydrogens (tertiary/aromatic N) is 2. The third-order valence-corrected chi connectivity index (χ3v) is 16.5. The summed E-state index contributed by atoms with van der Waals surface area (Å²) in [6, 6.07) is 94.6. The number of fused-ring (bicyclic) bond motifs is 18. The van der Waals surface area contributed by atoms with Gasteiger partial charge in [0.1, 0.15) is 0 Å². The Labute approximate surface area is 434 Å². The fourth-order valence-corrected chi connectivity index (χ4v) is 13.3. The van der Waals surface area contributed by atoms with Crippen LogP contribution in [0.1, 0.15) is 44.5 Å². The van der Waals surface area contributed by atoms with Gasteiger partial charge in [-0.25, -0.2) is 0 Å². The fraction of sp³-hybridized carbons (Fsp3) is 0.0137. The van der Waals surface area contributed by atoms with Gasteiger partial charge in [0.05, 0.1) is 38.9 Å². The standard InChI is InChI=1S/C73H46N2/c1-3-19-53-51(15-1)17-13-29-67(53)74-69-27-11-7-23-59(69)61-43-47(37-41-71(61)74)31-33-49-35-39-57-58-40-36-50(46-66(58)73(65(57)45-49)63-25-9-5-21-55(63)56-22-6-10-26-64(56)73)34-32-48-38-42-72-62(44-48)60-24-8-12-28-70(60)75(72)68-30-14-18-52-16-2-4-20-54(52)68/h1-46H. The van der Waals surface area contributed by atoms with E-state index < -0.39 is 5.41 Å². The van der Waals surface area contributed by atoms with Crippen LogP contribution in [0.15, 0.2) is 255 Å². The molecule has 0 saturated carbocycles. The van der Waals surface area contributed by atoms with Crippen molar-refractivity contribution in [1.29, 1.82) is 0 Å². The van der Waals surface area contributed by atoms with E-state index in [1.54, 1.807) is 0 Å². The van der Waals surface area contributed by atoms with Crippen molar-refractivity contribution in [3.05, 3.63) is 299 Å². The number of hydrogen-bond acceptors (Lipinski definition) is 0. The molecule has 0 radical (unpaired) electrons. The Balaban J connectivity index is 0.796. The molecule has 0 unspecified atom stereocenters. The van der Waals surface area contributed by atoms with E-state index in [4.69, 9.17) is 0 Å². The molecule has 14 aromatic rings. The fourth-order valence-electron chi connectivity index (χ4n) is 13.3. The summed E-state index contributed by atoms with van der Waals surface area (Å²) in [6.45, 7) is 0. The predicted molar refractivity (Wildman–Crippen MR) is 317 cm³/mol. The molecule has 2 aromatic heterocycles. The summed E-state index contributed by atoms with van der Waals surface area (Å²) < 4.78 is 4.87. The minimum Gasteiger partial charge on any atom is -0.309 e. The maximum absolute atomic E-state index is 2.47. The molecule has 2 aliphatic carbocycles. The van der Waals surface area contributed by atoms with E-state index in [9.17, 15) is 0 Å². The Morgan fingerprint density at radius 1 is 0.240 bits per heavy atom. The second-order valence-electron chi connectivity index (χ2n) is 20.4. The molecule has 348 valence electrons. The van der Waals surface area contributed by atoms with Gasteiger partial charge in [-0.1, -0.05) is 218 Å². The lowest BCUT2D eigenvalue weighted by atomic mass is 9.70. The van der Waals surface area contributed by atoms with E-state index in [0.29, 0.717) is 0 Å². The summed E-state index contributed by atoms with van der Waals surface area (Å²) in [6.07, 6.45) is 9.19. The molecule has 2 aliphatic rings. The lowest BCUT2D eigenvalue weighted by Gasteiger charge is -2.30. The van der Waals surface area contributed by atoms with Gasteiger partial charge in [-0.05, 0) is 138 Å². The molecule has 12 aromatic carbocycles. The van der Waals surface area contributed by atoms with E-state index in [2.05, 4.69) is 288 Å². The van der Waals surface area contributed by atoms with Gasteiger partial charge in [0.2, 0.25) is 0 Å². The van der Waals surface area contributed by atoms with Crippen LogP contribution in [-0.4, -0.2) is 9.13 Å². The quantitative estimate of drug-likeness (QED) is 0.147. The number of hydrogen-bond donors (Lipinski definition) is 0. The highest BCUT2D eigenvalue weighted by atomic mass is 15.0. The second kappa shape index (κ2) is 16.1. The zero-order chi connectivity index (χ0) is 49.2. The van der Waals surface area contributed by atoms with Gasteiger partial charge in [-0.15, -0.1) is 0 Å². The summed E-state index contributed by atoms with van der Waals surface area (Å²) >= 11 is 0. The van der Waals surface area contributed by atoms with E-state index >= 15 is 0 Å². The highest BCUT2D eigenvalue weighted by molar-refractivity contribution is 6.13. The Kier molecular flexibility index (Phi) is 8.99. The number of para-hydroxylation sites is 2. The Morgan fingerprint density at radius 2 is 0.587 bits per heavy atom. The van der Waals surface area contributed by atoms with Crippen molar-refractivity contribution in [1.82, 2.24) is 9.13 Å². The molecule has 75 heavy (non-hydrogen) atoms. The van der Waals surface area contributed by atoms with Gasteiger partial charge in [0, 0.05) is 32.3 Å². The molecule has 2 heterocycles. The van der Waals surface area contributed by atoms with Gasteiger partial charge in [0.25, 0.3) is 0 Å². The number of benzene rings is 12. The van der Waals surface area contributed by atoms with Crippen molar-refractivity contribution >= 4 is 89.5 Å². The van der Waals surface area contributed by atoms with E-state index in [-0.39, 0.29) is 0 Å². The zero-order valence-corrected chi connectivity index (χ0v) is 41.0. The SMILES string of the molecule is C(=Cc1ccc2c(c1)c1ccccc1n2-c1cccc2ccccc12)c1ccc2c(c1)C1(c3ccccc3-c3ccccc31)c1cc(C=Cc3ccc4c(c3)c3ccccc3n4-c3cccc4ccccc34)ccc1-2. The Morgan fingerprint density at radius 3 is 1.07 bits per heavy atom. The van der Waals surface area contributed by atoms with Gasteiger partial charge in [-0.3, -0.25) is 0 Å². The summed E-state index contributed by atoms with van der Waals surface area (Å²) in [5.41, 5.74) is 22.0. The van der Waals surface area contributed by atoms with Crippen LogP contribution in [0, 0.1) is 0 Å². The monoisotopic (exact) mass is 950 g/mol.